The number of terminal acetylenes is 1. The number of nitrogens with zero attached hydrogens (tertiary/aromatic N) is 4. The normalized spacial score (nSPS) is 10.7. The van der Waals surface area contributed by atoms with Crippen molar-refractivity contribution in [2.24, 2.45) is 0 Å². The van der Waals surface area contributed by atoms with E-state index in [4.69, 9.17) is 12.2 Å². The lowest BCUT2D eigenvalue weighted by atomic mass is 10.3. The predicted octanol–water partition coefficient (Wildman–Crippen LogP) is 2.92. The van der Waals surface area contributed by atoms with Gasteiger partial charge in [-0.15, -0.1) is 12.3 Å². The molecule has 0 spiro atoms. The molecule has 110 valence electrons. The molecule has 2 aliphatic rings. The molecule has 0 saturated carbocycles. The Morgan fingerprint density at radius 3 is 2.82 bits per heavy atom. The maximum absolute atomic E-state index is 5.92. The summed E-state index contributed by atoms with van der Waals surface area (Å²) in [6.45, 7) is 0.752. The zero-order valence-electron chi connectivity index (χ0n) is 11.9. The summed E-state index contributed by atoms with van der Waals surface area (Å²) in [4.78, 5) is 14.4. The molecule has 22 heavy (non-hydrogen) atoms. The summed E-state index contributed by atoms with van der Waals surface area (Å²) in [7, 11) is 0. The SMILES string of the molecule is C#CCCCn1cnc(N)c2nc(Sc3ccccc3)nc1-2. The van der Waals surface area contributed by atoms with Gasteiger partial charge in [-0.25, -0.2) is 15.0 Å². The molecule has 3 rings (SSSR count). The van der Waals surface area contributed by atoms with Crippen LogP contribution in [0.15, 0.2) is 46.7 Å². The summed E-state index contributed by atoms with van der Waals surface area (Å²) in [6.07, 6.45) is 8.58. The fourth-order valence-corrected chi connectivity index (χ4v) is 2.86. The summed E-state index contributed by atoms with van der Waals surface area (Å²) >= 11 is 1.51. The molecule has 0 radical (unpaired) electrons. The van der Waals surface area contributed by atoms with Crippen LogP contribution in [0.1, 0.15) is 12.8 Å². The van der Waals surface area contributed by atoms with E-state index in [-0.39, 0.29) is 0 Å². The zero-order valence-corrected chi connectivity index (χ0v) is 12.8. The standard InChI is InChI=1S/C16H15N5S/c1-2-3-7-10-21-11-18-14(17)13-15(21)20-16(19-13)22-12-8-5-4-6-9-12/h1,4-6,8-9,11H,3,7,10,17H2. The van der Waals surface area contributed by atoms with E-state index in [1.54, 1.807) is 6.33 Å². The van der Waals surface area contributed by atoms with Crippen molar-refractivity contribution in [3.8, 4) is 23.9 Å². The summed E-state index contributed by atoms with van der Waals surface area (Å²) in [5.74, 6) is 3.79. The maximum Gasteiger partial charge on any atom is 0.195 e. The highest BCUT2D eigenvalue weighted by atomic mass is 32.2. The third-order valence-electron chi connectivity index (χ3n) is 3.14. The molecule has 1 aromatic carbocycles. The van der Waals surface area contributed by atoms with Crippen molar-refractivity contribution >= 4 is 17.6 Å². The second-order valence-electron chi connectivity index (χ2n) is 4.72. The van der Waals surface area contributed by atoms with Gasteiger partial charge in [-0.3, -0.25) is 0 Å². The van der Waals surface area contributed by atoms with Gasteiger partial charge in [-0.05, 0) is 30.3 Å². The molecular weight excluding hydrogens is 294 g/mol. The van der Waals surface area contributed by atoms with Gasteiger partial charge in [0.2, 0.25) is 0 Å². The van der Waals surface area contributed by atoms with Crippen LogP contribution >= 0.6 is 11.8 Å². The number of unbranched alkanes of at least 4 members (excludes halogenated alkanes) is 1. The fourth-order valence-electron chi connectivity index (χ4n) is 2.09. The largest absolute Gasteiger partial charge is 0.382 e. The van der Waals surface area contributed by atoms with E-state index >= 15 is 0 Å². The van der Waals surface area contributed by atoms with Gasteiger partial charge in [0, 0.05) is 17.9 Å². The number of aryl methyl sites for hydroxylation is 1. The number of hydrogen-bond donors (Lipinski definition) is 1. The molecule has 0 bridgehead atoms. The van der Waals surface area contributed by atoms with Gasteiger partial charge in [0.25, 0.3) is 0 Å². The molecule has 0 unspecified atom stereocenters. The van der Waals surface area contributed by atoms with Crippen LogP contribution in [0.5, 0.6) is 0 Å². The van der Waals surface area contributed by atoms with E-state index < -0.39 is 0 Å². The molecule has 2 N–H and O–H groups in total. The number of rotatable bonds is 5. The quantitative estimate of drug-likeness (QED) is 0.579. The van der Waals surface area contributed by atoms with Crippen molar-refractivity contribution in [1.82, 2.24) is 19.5 Å². The third-order valence-corrected chi connectivity index (χ3v) is 4.02. The van der Waals surface area contributed by atoms with E-state index in [0.29, 0.717) is 16.7 Å². The Balaban J connectivity index is 1.90. The minimum atomic E-state index is 0.399. The van der Waals surface area contributed by atoms with Crippen LogP contribution in [0.3, 0.4) is 0 Å². The lowest BCUT2D eigenvalue weighted by molar-refractivity contribution is 0.638. The summed E-state index contributed by atoms with van der Waals surface area (Å²) < 4.78 is 1.95. The number of imidazole rings is 1. The van der Waals surface area contributed by atoms with Crippen molar-refractivity contribution in [1.29, 1.82) is 0 Å². The average molecular weight is 309 g/mol. The van der Waals surface area contributed by atoms with Gasteiger partial charge in [-0.1, -0.05) is 18.2 Å². The Morgan fingerprint density at radius 2 is 2.05 bits per heavy atom. The molecule has 0 saturated heterocycles. The maximum atomic E-state index is 5.92. The number of nitrogen functional groups attached to an aromatic ring is 1. The first kappa shape index (κ1) is 14.4. The Hall–Kier alpha value is -2.52. The van der Waals surface area contributed by atoms with Crippen molar-refractivity contribution in [2.45, 2.75) is 29.4 Å². The Morgan fingerprint density at radius 1 is 1.23 bits per heavy atom. The highest BCUT2D eigenvalue weighted by Crippen LogP contribution is 2.31. The molecule has 5 nitrogen and oxygen atoms in total. The molecular formula is C16H15N5S. The minimum absolute atomic E-state index is 0.399. The van der Waals surface area contributed by atoms with Crippen LogP contribution in [0.25, 0.3) is 11.5 Å². The Bertz CT molecular complexity index is 775. The van der Waals surface area contributed by atoms with E-state index in [2.05, 4.69) is 20.9 Å². The summed E-state index contributed by atoms with van der Waals surface area (Å²) in [5, 5.41) is 0.673. The summed E-state index contributed by atoms with van der Waals surface area (Å²) in [5.41, 5.74) is 6.56. The van der Waals surface area contributed by atoms with Gasteiger partial charge < -0.3 is 10.3 Å². The van der Waals surface area contributed by atoms with E-state index in [0.717, 1.165) is 30.1 Å². The topological polar surface area (TPSA) is 69.6 Å². The average Bonchev–Trinajstić information content (AvgIpc) is 2.95. The smallest absolute Gasteiger partial charge is 0.195 e. The molecule has 0 amide bonds. The Kier molecular flexibility index (Phi) is 4.26. The molecule has 6 heteroatoms. The molecule has 2 aliphatic heterocycles. The van der Waals surface area contributed by atoms with Crippen LogP contribution in [-0.4, -0.2) is 19.5 Å². The van der Waals surface area contributed by atoms with Gasteiger partial charge in [0.1, 0.15) is 0 Å². The Labute approximate surface area is 133 Å². The molecule has 0 aromatic heterocycles. The highest BCUT2D eigenvalue weighted by Gasteiger charge is 2.19. The van der Waals surface area contributed by atoms with Crippen LogP contribution in [0.2, 0.25) is 0 Å². The summed E-state index contributed by atoms with van der Waals surface area (Å²) in [6, 6.07) is 10.00. The van der Waals surface area contributed by atoms with Crippen LogP contribution < -0.4 is 5.73 Å². The first-order valence-corrected chi connectivity index (χ1v) is 7.74. The van der Waals surface area contributed by atoms with Gasteiger partial charge in [-0.2, -0.15) is 0 Å². The van der Waals surface area contributed by atoms with Crippen molar-refractivity contribution < 1.29 is 0 Å². The first-order chi connectivity index (χ1) is 10.8. The van der Waals surface area contributed by atoms with Gasteiger partial charge in [0.05, 0.1) is 6.33 Å². The van der Waals surface area contributed by atoms with Crippen LogP contribution in [0.4, 0.5) is 5.82 Å². The lowest BCUT2D eigenvalue weighted by Crippen LogP contribution is -2.08. The molecule has 1 aromatic rings. The fraction of sp³-hybridized carbons (Fsp3) is 0.188. The molecule has 2 heterocycles. The first-order valence-electron chi connectivity index (χ1n) is 6.92. The number of fused-ring (bicyclic) bond motifs is 1. The molecule has 0 atom stereocenters. The second-order valence-corrected chi connectivity index (χ2v) is 5.77. The van der Waals surface area contributed by atoms with E-state index in [1.165, 1.54) is 11.8 Å². The van der Waals surface area contributed by atoms with Crippen molar-refractivity contribution in [3.63, 3.8) is 0 Å². The minimum Gasteiger partial charge on any atom is -0.382 e. The van der Waals surface area contributed by atoms with E-state index in [1.807, 2.05) is 34.9 Å². The number of aromatic nitrogens is 4. The van der Waals surface area contributed by atoms with Gasteiger partial charge in [0.15, 0.2) is 22.5 Å². The highest BCUT2D eigenvalue weighted by molar-refractivity contribution is 7.99. The third kappa shape index (κ3) is 3.05. The number of benzene rings is 1. The number of nitrogens with two attached hydrogens (primary N) is 1. The van der Waals surface area contributed by atoms with Crippen molar-refractivity contribution in [3.05, 3.63) is 36.7 Å². The number of anilines is 1. The van der Waals surface area contributed by atoms with Gasteiger partial charge >= 0.3 is 0 Å². The lowest BCUT2D eigenvalue weighted by Gasteiger charge is -2.09. The van der Waals surface area contributed by atoms with Crippen LogP contribution in [-0.2, 0) is 6.54 Å². The predicted molar refractivity (Wildman–Crippen MR) is 87.5 cm³/mol. The van der Waals surface area contributed by atoms with Crippen molar-refractivity contribution in [2.75, 3.05) is 5.73 Å². The zero-order chi connectivity index (χ0) is 15.4. The van der Waals surface area contributed by atoms with Crippen LogP contribution in [0, 0.1) is 12.3 Å². The molecule has 0 aliphatic carbocycles. The number of hydrogen-bond acceptors (Lipinski definition) is 5. The van der Waals surface area contributed by atoms with E-state index in [9.17, 15) is 0 Å². The molecule has 0 fully saturated rings. The monoisotopic (exact) mass is 309 g/mol. The second kappa shape index (κ2) is 6.50.